The summed E-state index contributed by atoms with van der Waals surface area (Å²) in [6, 6.07) is 6.47. The van der Waals surface area contributed by atoms with Gasteiger partial charge in [0.05, 0.1) is 11.7 Å². The average molecular weight is 932 g/mol. The number of anilines is 1. The zero-order valence-electron chi connectivity index (χ0n) is 35.3. The van der Waals surface area contributed by atoms with Crippen molar-refractivity contribution in [2.45, 2.75) is 117 Å². The molecule has 0 aliphatic heterocycles. The van der Waals surface area contributed by atoms with Gasteiger partial charge in [0, 0.05) is 64.7 Å². The Labute approximate surface area is 371 Å². The maximum atomic E-state index is 12.6. The van der Waals surface area contributed by atoms with E-state index >= 15 is 0 Å². The van der Waals surface area contributed by atoms with Crippen LogP contribution < -0.4 is 14.4 Å². The Morgan fingerprint density at radius 3 is 1.82 bits per heavy atom. The van der Waals surface area contributed by atoms with Crippen LogP contribution in [0.5, 0.6) is 5.88 Å². The number of rotatable bonds is 12. The number of pyridine rings is 2. The van der Waals surface area contributed by atoms with Gasteiger partial charge >= 0.3 is 15.6 Å². The molecule has 0 saturated heterocycles. The standard InChI is InChI=1S/C20H25ClN4O.C13H9ClF3N3O3S.C8H17NO.ClH/c1-12(2)10-18(26)13(3)25(4)20-15-6-5-7-16(15)23-19(24-20)17-11-14(21)8-9-22-17;14-7-4-5-18-10(6-7)11-19-9-3-1-2-8(9)12(20-11)23-24(21,22)13(15,16)17;1-5-7(4)8(10)9-6(2)3;/h8-9,11-13H,5-7,10H2,1-4H3;4-6H,1-3H2;6-7H,5H2,1-4H3,(H,9,10);1H. The SMILES string of the molecule is CC(C)CC(=O)C(C)N(C)c1nc(-c2cc(Cl)ccn2)nc2c1CCC2.CCC(C)C(=O)NC(C)C.Cl.O=S(=O)(Oc1nc(-c2cc(Cl)ccn2)nc2c1CCC2)C(F)(F)F. The predicted molar refractivity (Wildman–Crippen MR) is 233 cm³/mol. The monoisotopic (exact) mass is 930 g/mol. The molecule has 2 unspecified atom stereocenters. The third-order valence-electron chi connectivity index (χ3n) is 9.66. The number of hydrogen-bond donors (Lipinski definition) is 1. The Bertz CT molecular complexity index is 2270. The molecule has 20 heteroatoms. The number of ketones is 1. The zero-order valence-corrected chi connectivity index (χ0v) is 38.5. The number of nitrogens with zero attached hydrogens (tertiary/aromatic N) is 7. The molecular formula is C41H52Cl3F3N8O5S. The van der Waals surface area contributed by atoms with Crippen molar-refractivity contribution >= 4 is 63.2 Å². The second kappa shape index (κ2) is 22.2. The van der Waals surface area contributed by atoms with E-state index in [-0.39, 0.29) is 59.2 Å². The average Bonchev–Trinajstić information content (AvgIpc) is 3.86. The summed E-state index contributed by atoms with van der Waals surface area (Å²) in [4.78, 5) is 51.5. The van der Waals surface area contributed by atoms with Crippen molar-refractivity contribution in [3.8, 4) is 28.9 Å². The van der Waals surface area contributed by atoms with Gasteiger partial charge in [0.1, 0.15) is 17.2 Å². The lowest BCUT2D eigenvalue weighted by Gasteiger charge is -2.27. The van der Waals surface area contributed by atoms with Crippen LogP contribution in [-0.2, 0) is 45.4 Å². The predicted octanol–water partition coefficient (Wildman–Crippen LogP) is 9.01. The molecule has 61 heavy (non-hydrogen) atoms. The van der Waals surface area contributed by atoms with Crippen LogP contribution in [0, 0.1) is 11.8 Å². The van der Waals surface area contributed by atoms with Gasteiger partial charge in [-0.05, 0) is 95.9 Å². The normalized spacial score (nSPS) is 14.0. The highest BCUT2D eigenvalue weighted by Crippen LogP contribution is 2.35. The van der Waals surface area contributed by atoms with E-state index in [0.717, 1.165) is 42.8 Å². The summed E-state index contributed by atoms with van der Waals surface area (Å²) in [5.74, 6) is 1.64. The number of halogens is 6. The molecule has 13 nitrogen and oxygen atoms in total. The minimum Gasteiger partial charge on any atom is -0.355 e. The summed E-state index contributed by atoms with van der Waals surface area (Å²) >= 11 is 12.0. The molecule has 334 valence electrons. The first kappa shape index (κ1) is 51.2. The van der Waals surface area contributed by atoms with Crippen molar-refractivity contribution in [3.05, 3.63) is 69.2 Å². The van der Waals surface area contributed by atoms with Gasteiger partial charge in [-0.15, -0.1) is 12.4 Å². The summed E-state index contributed by atoms with van der Waals surface area (Å²) in [6.07, 6.45) is 8.89. The van der Waals surface area contributed by atoms with E-state index < -0.39 is 21.5 Å². The first-order chi connectivity index (χ1) is 28.1. The van der Waals surface area contributed by atoms with Crippen LogP contribution in [0.4, 0.5) is 19.0 Å². The van der Waals surface area contributed by atoms with Crippen LogP contribution in [0.3, 0.4) is 0 Å². The highest BCUT2D eigenvalue weighted by atomic mass is 35.5. The fraction of sp³-hybridized carbons (Fsp3) is 0.512. The van der Waals surface area contributed by atoms with Crippen LogP contribution in [0.1, 0.15) is 96.7 Å². The summed E-state index contributed by atoms with van der Waals surface area (Å²) in [5.41, 5.74) is -1.78. The third kappa shape index (κ3) is 13.9. The van der Waals surface area contributed by atoms with E-state index in [1.165, 1.54) is 18.3 Å². The minimum atomic E-state index is -5.82. The number of Topliss-reactive ketones (excluding diaryl/α,β-unsaturated/α-hetero) is 1. The van der Waals surface area contributed by atoms with Crippen molar-refractivity contribution in [1.82, 2.24) is 35.2 Å². The molecule has 0 bridgehead atoms. The summed E-state index contributed by atoms with van der Waals surface area (Å²) in [7, 11) is -3.87. The Hall–Kier alpha value is -4.19. The Kier molecular flexibility index (Phi) is 18.7. The van der Waals surface area contributed by atoms with Crippen molar-refractivity contribution in [2.75, 3.05) is 11.9 Å². The smallest absolute Gasteiger partial charge is 0.355 e. The molecule has 2 aliphatic rings. The van der Waals surface area contributed by atoms with Crippen molar-refractivity contribution in [1.29, 1.82) is 0 Å². The number of aryl methyl sites for hydroxylation is 2. The number of carbonyl (C=O) groups is 2. The van der Waals surface area contributed by atoms with Crippen molar-refractivity contribution in [3.63, 3.8) is 0 Å². The first-order valence-electron chi connectivity index (χ1n) is 19.7. The minimum absolute atomic E-state index is 0. The molecule has 2 aliphatic carbocycles. The first-order valence-corrected chi connectivity index (χ1v) is 21.9. The molecule has 2 atom stereocenters. The van der Waals surface area contributed by atoms with E-state index in [0.29, 0.717) is 58.9 Å². The molecule has 0 fully saturated rings. The van der Waals surface area contributed by atoms with Crippen LogP contribution in [-0.4, -0.2) is 74.7 Å². The molecular weight excluding hydrogens is 880 g/mol. The fourth-order valence-electron chi connectivity index (χ4n) is 6.19. The maximum Gasteiger partial charge on any atom is 0.534 e. The van der Waals surface area contributed by atoms with Gasteiger partial charge in [-0.3, -0.25) is 19.6 Å². The van der Waals surface area contributed by atoms with Gasteiger partial charge in [0.15, 0.2) is 17.4 Å². The molecule has 6 rings (SSSR count). The second-order valence-corrected chi connectivity index (χ2v) is 17.7. The van der Waals surface area contributed by atoms with Crippen LogP contribution in [0.15, 0.2) is 36.7 Å². The number of carbonyl (C=O) groups excluding carboxylic acids is 2. The lowest BCUT2D eigenvalue weighted by atomic mass is 10.0. The van der Waals surface area contributed by atoms with E-state index in [1.54, 1.807) is 18.3 Å². The number of likely N-dealkylation sites (N-methyl/N-ethyl adjacent to an activating group) is 1. The molecule has 1 amide bonds. The van der Waals surface area contributed by atoms with Gasteiger partial charge in [0.2, 0.25) is 11.8 Å². The highest BCUT2D eigenvalue weighted by molar-refractivity contribution is 7.88. The summed E-state index contributed by atoms with van der Waals surface area (Å²) < 4.78 is 64.5. The summed E-state index contributed by atoms with van der Waals surface area (Å²) in [6.45, 7) is 14.0. The second-order valence-electron chi connectivity index (χ2n) is 15.3. The van der Waals surface area contributed by atoms with Crippen LogP contribution >= 0.6 is 35.6 Å². The lowest BCUT2D eigenvalue weighted by Crippen LogP contribution is -2.37. The number of aromatic nitrogens is 6. The zero-order chi connectivity index (χ0) is 44.5. The van der Waals surface area contributed by atoms with Crippen LogP contribution in [0.25, 0.3) is 23.0 Å². The maximum absolute atomic E-state index is 12.6. The van der Waals surface area contributed by atoms with E-state index in [9.17, 15) is 31.2 Å². The number of fused-ring (bicyclic) bond motifs is 2. The molecule has 4 aromatic rings. The molecule has 0 saturated carbocycles. The van der Waals surface area contributed by atoms with Crippen molar-refractivity contribution < 1.29 is 35.4 Å². The molecule has 4 aromatic heterocycles. The van der Waals surface area contributed by atoms with E-state index in [4.69, 9.17) is 33.2 Å². The molecule has 1 N–H and O–H groups in total. The van der Waals surface area contributed by atoms with Gasteiger partial charge < -0.3 is 14.4 Å². The van der Waals surface area contributed by atoms with Gasteiger partial charge in [-0.25, -0.2) is 15.0 Å². The van der Waals surface area contributed by atoms with Crippen LogP contribution in [0.2, 0.25) is 10.0 Å². The highest BCUT2D eigenvalue weighted by Gasteiger charge is 2.49. The van der Waals surface area contributed by atoms with Gasteiger partial charge in [0.25, 0.3) is 0 Å². The number of amides is 1. The molecule has 0 spiro atoms. The van der Waals surface area contributed by atoms with Crippen molar-refractivity contribution in [2.24, 2.45) is 11.8 Å². The number of nitrogens with one attached hydrogen (secondary N) is 1. The van der Waals surface area contributed by atoms with E-state index in [1.807, 2.05) is 46.6 Å². The Morgan fingerprint density at radius 1 is 0.836 bits per heavy atom. The number of hydrogen-bond acceptors (Lipinski definition) is 12. The quantitative estimate of drug-likeness (QED) is 0.106. The Morgan fingerprint density at radius 2 is 1.34 bits per heavy atom. The molecule has 0 radical (unpaired) electrons. The van der Waals surface area contributed by atoms with Gasteiger partial charge in [-0.2, -0.15) is 26.6 Å². The molecule has 4 heterocycles. The van der Waals surface area contributed by atoms with E-state index in [2.05, 4.69) is 43.3 Å². The fourth-order valence-corrected chi connectivity index (χ4v) is 6.95. The lowest BCUT2D eigenvalue weighted by molar-refractivity contribution is -0.125. The van der Waals surface area contributed by atoms with Gasteiger partial charge in [-0.1, -0.05) is 50.9 Å². The topological polar surface area (TPSA) is 170 Å². The number of alkyl halides is 3. The largest absolute Gasteiger partial charge is 0.534 e. The third-order valence-corrected chi connectivity index (χ3v) is 11.1. The molecule has 0 aromatic carbocycles. The summed E-state index contributed by atoms with van der Waals surface area (Å²) in [5, 5.41) is 3.79. The Balaban J connectivity index is 0.000000264.